The van der Waals surface area contributed by atoms with Gasteiger partial charge in [0.25, 0.3) is 0 Å². The quantitative estimate of drug-likeness (QED) is 0.126. The van der Waals surface area contributed by atoms with E-state index in [9.17, 15) is 0 Å². The lowest BCUT2D eigenvalue weighted by atomic mass is 9.75. The summed E-state index contributed by atoms with van der Waals surface area (Å²) in [6, 6.07) is 76.7. The first-order chi connectivity index (χ1) is 27.8. The second-order valence-electron chi connectivity index (χ2n) is 15.1. The standard InChI is InChI=1S/C56H34/c1-4-18-36(19-5-1)48-44-27-14-15-28-45(44)49(37-20-6-2-7-21-37)56-51(41-32-31-35-17-10-11-24-39(35)33-41)54-47-34-40-25-12-13-26-42(40)43-29-16-30-46(52(43)47)53(54)50(55(48)56)38-22-8-3-9-23-38/h1-34H. The summed E-state index contributed by atoms with van der Waals surface area (Å²) < 4.78 is 0. The van der Waals surface area contributed by atoms with Crippen LogP contribution in [0.3, 0.4) is 0 Å². The Bertz CT molecular complexity index is 3380. The minimum atomic E-state index is 1.22. The lowest BCUT2D eigenvalue weighted by molar-refractivity contribution is 1.62. The van der Waals surface area contributed by atoms with Crippen molar-refractivity contribution < 1.29 is 0 Å². The van der Waals surface area contributed by atoms with Crippen LogP contribution in [0.25, 0.3) is 121 Å². The van der Waals surface area contributed by atoms with Gasteiger partial charge in [-0.1, -0.05) is 194 Å². The van der Waals surface area contributed by atoms with Gasteiger partial charge in [0.15, 0.2) is 0 Å². The van der Waals surface area contributed by atoms with Crippen LogP contribution < -0.4 is 0 Å². The van der Waals surface area contributed by atoms with E-state index >= 15 is 0 Å². The molecule has 0 heteroatoms. The molecule has 0 fully saturated rings. The number of fused-ring (bicyclic) bond motifs is 8. The molecule has 258 valence electrons. The Hall–Kier alpha value is -7.28. The van der Waals surface area contributed by atoms with Crippen LogP contribution >= 0.6 is 0 Å². The van der Waals surface area contributed by atoms with Crippen LogP contribution in [0.2, 0.25) is 0 Å². The highest BCUT2D eigenvalue weighted by atomic mass is 14.4. The zero-order chi connectivity index (χ0) is 36.7. The molecule has 0 saturated heterocycles. The van der Waals surface area contributed by atoms with Crippen molar-refractivity contribution in [2.45, 2.75) is 0 Å². The van der Waals surface area contributed by atoms with Crippen LogP contribution in [0.15, 0.2) is 206 Å². The molecule has 1 aliphatic carbocycles. The summed E-state index contributed by atoms with van der Waals surface area (Å²) in [7, 11) is 0. The highest BCUT2D eigenvalue weighted by Gasteiger charge is 2.34. The highest BCUT2D eigenvalue weighted by Crippen LogP contribution is 2.62. The predicted molar refractivity (Wildman–Crippen MR) is 240 cm³/mol. The summed E-state index contributed by atoms with van der Waals surface area (Å²) in [5, 5.41) is 12.8. The van der Waals surface area contributed by atoms with E-state index in [-0.39, 0.29) is 0 Å². The van der Waals surface area contributed by atoms with Crippen molar-refractivity contribution in [3.8, 4) is 66.8 Å². The molecular weight excluding hydrogens is 673 g/mol. The monoisotopic (exact) mass is 706 g/mol. The fourth-order valence-electron chi connectivity index (χ4n) is 9.88. The maximum absolute atomic E-state index is 2.47. The van der Waals surface area contributed by atoms with Gasteiger partial charge < -0.3 is 0 Å². The van der Waals surface area contributed by atoms with Crippen molar-refractivity contribution >= 4 is 53.9 Å². The predicted octanol–water partition coefficient (Wildman–Crippen LogP) is 15.8. The Morgan fingerprint density at radius 1 is 0.196 bits per heavy atom. The Labute approximate surface area is 325 Å². The minimum absolute atomic E-state index is 1.22. The molecule has 0 heterocycles. The van der Waals surface area contributed by atoms with E-state index < -0.39 is 0 Å². The average molecular weight is 707 g/mol. The van der Waals surface area contributed by atoms with Gasteiger partial charge in [-0.25, -0.2) is 0 Å². The summed E-state index contributed by atoms with van der Waals surface area (Å²) in [5.74, 6) is 0. The summed E-state index contributed by atoms with van der Waals surface area (Å²) >= 11 is 0. The van der Waals surface area contributed by atoms with Crippen LogP contribution in [0.4, 0.5) is 0 Å². The van der Waals surface area contributed by atoms with Gasteiger partial charge in [-0.3, -0.25) is 0 Å². The smallest absolute Gasteiger partial charge is 0.000116 e. The second kappa shape index (κ2) is 12.1. The van der Waals surface area contributed by atoms with E-state index in [1.54, 1.807) is 0 Å². The fraction of sp³-hybridized carbons (Fsp3) is 0. The van der Waals surface area contributed by atoms with Crippen molar-refractivity contribution in [2.24, 2.45) is 0 Å². The molecule has 0 bridgehead atoms. The van der Waals surface area contributed by atoms with Gasteiger partial charge in [-0.05, 0) is 133 Å². The molecule has 11 aromatic rings. The van der Waals surface area contributed by atoms with Crippen LogP contribution in [0.5, 0.6) is 0 Å². The molecule has 0 unspecified atom stereocenters. The van der Waals surface area contributed by atoms with E-state index in [0.717, 1.165) is 0 Å². The molecule has 0 amide bonds. The molecule has 0 atom stereocenters. The molecular formula is C56H34. The maximum atomic E-state index is 2.47. The van der Waals surface area contributed by atoms with E-state index in [1.165, 1.54) is 121 Å². The van der Waals surface area contributed by atoms with Gasteiger partial charge in [0.2, 0.25) is 0 Å². The zero-order valence-corrected chi connectivity index (χ0v) is 30.6. The second-order valence-corrected chi connectivity index (χ2v) is 15.1. The molecule has 56 heavy (non-hydrogen) atoms. The van der Waals surface area contributed by atoms with Crippen LogP contribution in [0, 0.1) is 0 Å². The third kappa shape index (κ3) is 4.42. The molecule has 0 aliphatic heterocycles. The van der Waals surface area contributed by atoms with Crippen molar-refractivity contribution in [1.29, 1.82) is 0 Å². The van der Waals surface area contributed by atoms with Gasteiger partial charge in [-0.2, -0.15) is 0 Å². The highest BCUT2D eigenvalue weighted by molar-refractivity contribution is 6.36. The van der Waals surface area contributed by atoms with E-state index in [0.29, 0.717) is 0 Å². The largest absolute Gasteiger partial charge is 0.0622 e. The van der Waals surface area contributed by atoms with E-state index in [2.05, 4.69) is 206 Å². The third-order valence-corrected chi connectivity index (χ3v) is 12.1. The molecule has 0 N–H and O–H groups in total. The first-order valence-electron chi connectivity index (χ1n) is 19.5. The molecule has 1 aliphatic rings. The molecule has 11 aromatic carbocycles. The summed E-state index contributed by atoms with van der Waals surface area (Å²) in [4.78, 5) is 0. The van der Waals surface area contributed by atoms with Crippen LogP contribution in [0.1, 0.15) is 0 Å². The lowest BCUT2D eigenvalue weighted by Gasteiger charge is -2.27. The molecule has 0 saturated carbocycles. The number of hydrogen-bond donors (Lipinski definition) is 0. The maximum Gasteiger partial charge on any atom is -0.000116 e. The van der Waals surface area contributed by atoms with Crippen molar-refractivity contribution in [3.63, 3.8) is 0 Å². The van der Waals surface area contributed by atoms with Gasteiger partial charge in [0, 0.05) is 0 Å². The van der Waals surface area contributed by atoms with E-state index in [4.69, 9.17) is 0 Å². The molecule has 12 rings (SSSR count). The molecule has 0 nitrogen and oxygen atoms in total. The number of hydrogen-bond acceptors (Lipinski definition) is 0. The Balaban J connectivity index is 1.44. The van der Waals surface area contributed by atoms with Crippen molar-refractivity contribution in [3.05, 3.63) is 206 Å². The van der Waals surface area contributed by atoms with E-state index in [1.807, 2.05) is 0 Å². The lowest BCUT2D eigenvalue weighted by Crippen LogP contribution is -1.99. The minimum Gasteiger partial charge on any atom is -0.0622 e. The SMILES string of the molecule is c1ccc(-c2c3c(c(-c4ccc5ccccc5c4)c4c(-c5ccccc5)c5ccccc5c(-c5ccccc5)c24)-c2cc4ccccc4c4cccc-3c24)cc1. The van der Waals surface area contributed by atoms with Gasteiger partial charge in [0.1, 0.15) is 0 Å². The fourth-order valence-corrected chi connectivity index (χ4v) is 9.88. The normalized spacial score (nSPS) is 11.9. The summed E-state index contributed by atoms with van der Waals surface area (Å²) in [5.41, 5.74) is 15.2. The summed E-state index contributed by atoms with van der Waals surface area (Å²) in [6.45, 7) is 0. The van der Waals surface area contributed by atoms with Crippen LogP contribution in [-0.2, 0) is 0 Å². The average Bonchev–Trinajstić information content (AvgIpc) is 3.59. The zero-order valence-electron chi connectivity index (χ0n) is 30.6. The third-order valence-electron chi connectivity index (χ3n) is 12.1. The van der Waals surface area contributed by atoms with Crippen molar-refractivity contribution in [2.75, 3.05) is 0 Å². The van der Waals surface area contributed by atoms with Gasteiger partial charge in [0.05, 0.1) is 0 Å². The van der Waals surface area contributed by atoms with Gasteiger partial charge in [-0.15, -0.1) is 0 Å². The summed E-state index contributed by atoms with van der Waals surface area (Å²) in [6.07, 6.45) is 0. The Kier molecular flexibility index (Phi) is 6.73. The molecule has 0 aromatic heterocycles. The molecule has 0 radical (unpaired) electrons. The van der Waals surface area contributed by atoms with Gasteiger partial charge >= 0.3 is 0 Å². The number of benzene rings is 11. The Morgan fingerprint density at radius 2 is 0.661 bits per heavy atom. The first-order valence-corrected chi connectivity index (χ1v) is 19.5. The first kappa shape index (κ1) is 31.1. The number of rotatable bonds is 4. The topological polar surface area (TPSA) is 0 Å². The van der Waals surface area contributed by atoms with Crippen molar-refractivity contribution in [1.82, 2.24) is 0 Å². The Morgan fingerprint density at radius 3 is 1.29 bits per heavy atom. The van der Waals surface area contributed by atoms with Crippen LogP contribution in [-0.4, -0.2) is 0 Å². The molecule has 0 spiro atoms.